The molecule has 3 rings (SSSR count). The lowest BCUT2D eigenvalue weighted by Gasteiger charge is -2.29. The molecule has 2 aromatic rings. The van der Waals surface area contributed by atoms with Gasteiger partial charge in [0.25, 0.3) is 0 Å². The fourth-order valence-electron chi connectivity index (χ4n) is 3.08. The zero-order chi connectivity index (χ0) is 17.1. The molecule has 2 heterocycles. The van der Waals surface area contributed by atoms with Crippen LogP contribution < -0.4 is 5.32 Å². The highest BCUT2D eigenvalue weighted by Crippen LogP contribution is 2.20. The van der Waals surface area contributed by atoms with E-state index in [0.29, 0.717) is 18.8 Å². The molecule has 0 spiro atoms. The van der Waals surface area contributed by atoms with Gasteiger partial charge in [0, 0.05) is 25.2 Å². The summed E-state index contributed by atoms with van der Waals surface area (Å²) in [5.74, 6) is 0.404. The molecular weight excluding hydrogens is 304 g/mol. The molecule has 0 saturated carbocycles. The van der Waals surface area contributed by atoms with Crippen LogP contribution in [0.3, 0.4) is 0 Å². The summed E-state index contributed by atoms with van der Waals surface area (Å²) in [6.07, 6.45) is 3.15. The molecule has 1 N–H and O–H groups in total. The lowest BCUT2D eigenvalue weighted by Crippen LogP contribution is -2.48. The number of nitrogens with one attached hydrogen (secondary N) is 1. The molecule has 126 valence electrons. The highest BCUT2D eigenvalue weighted by Gasteiger charge is 2.35. The van der Waals surface area contributed by atoms with Crippen LogP contribution in [0.5, 0.6) is 0 Å². The van der Waals surface area contributed by atoms with Gasteiger partial charge in [-0.1, -0.05) is 32.0 Å². The van der Waals surface area contributed by atoms with E-state index >= 15 is 0 Å². The summed E-state index contributed by atoms with van der Waals surface area (Å²) in [5, 5.41) is 7.24. The lowest BCUT2D eigenvalue weighted by atomic mass is 10.0. The largest absolute Gasteiger partial charge is 0.330 e. The standard InChI is InChI=1S/C18H22N4O2/c1-13(2)17(21-11-6-9-16(21)23)18(24)19-15-10-12-22(20-15)14-7-4-3-5-8-14/h3-5,7-8,10,12-13,17H,6,9,11H2,1-2H3,(H,19,20,24)/t17-/m0/s1. The first-order chi connectivity index (χ1) is 11.6. The molecular formula is C18H22N4O2. The van der Waals surface area contributed by atoms with Gasteiger partial charge in [-0.05, 0) is 24.5 Å². The maximum absolute atomic E-state index is 12.7. The van der Waals surface area contributed by atoms with Gasteiger partial charge in [0.15, 0.2) is 5.82 Å². The molecule has 0 bridgehead atoms. The number of amides is 2. The Kier molecular flexibility index (Phi) is 4.64. The minimum absolute atomic E-state index is 0.0447. The predicted octanol–water partition coefficient (Wildman–Crippen LogP) is 2.46. The molecule has 1 saturated heterocycles. The normalized spacial score (nSPS) is 15.8. The second-order valence-corrected chi connectivity index (χ2v) is 6.35. The van der Waals surface area contributed by atoms with Crippen molar-refractivity contribution >= 4 is 17.6 Å². The van der Waals surface area contributed by atoms with Crippen LogP contribution in [0.2, 0.25) is 0 Å². The van der Waals surface area contributed by atoms with E-state index in [1.165, 1.54) is 0 Å². The monoisotopic (exact) mass is 326 g/mol. The van der Waals surface area contributed by atoms with Gasteiger partial charge in [-0.2, -0.15) is 5.10 Å². The molecule has 2 amide bonds. The van der Waals surface area contributed by atoms with Gasteiger partial charge in [0.1, 0.15) is 6.04 Å². The molecule has 24 heavy (non-hydrogen) atoms. The zero-order valence-electron chi connectivity index (χ0n) is 14.0. The maximum Gasteiger partial charge on any atom is 0.248 e. The van der Waals surface area contributed by atoms with E-state index in [1.54, 1.807) is 21.8 Å². The number of aromatic nitrogens is 2. The first-order valence-electron chi connectivity index (χ1n) is 8.27. The van der Waals surface area contributed by atoms with Crippen molar-refractivity contribution in [3.63, 3.8) is 0 Å². The van der Waals surface area contributed by atoms with Gasteiger partial charge < -0.3 is 10.2 Å². The number of anilines is 1. The summed E-state index contributed by atoms with van der Waals surface area (Å²) in [4.78, 5) is 26.4. The number of hydrogen-bond donors (Lipinski definition) is 1. The molecule has 1 aliphatic rings. The number of benzene rings is 1. The Balaban J connectivity index is 1.74. The predicted molar refractivity (Wildman–Crippen MR) is 91.8 cm³/mol. The molecule has 6 heteroatoms. The van der Waals surface area contributed by atoms with Crippen LogP contribution in [0, 0.1) is 5.92 Å². The number of carbonyl (C=O) groups is 2. The number of hydrogen-bond acceptors (Lipinski definition) is 3. The highest BCUT2D eigenvalue weighted by molar-refractivity contribution is 5.97. The Morgan fingerprint density at radius 2 is 1.96 bits per heavy atom. The van der Waals surface area contributed by atoms with E-state index in [0.717, 1.165) is 12.1 Å². The van der Waals surface area contributed by atoms with Gasteiger partial charge >= 0.3 is 0 Å². The molecule has 1 aliphatic heterocycles. The Labute approximate surface area is 141 Å². The lowest BCUT2D eigenvalue weighted by molar-refractivity contribution is -0.136. The first-order valence-corrected chi connectivity index (χ1v) is 8.27. The third-order valence-corrected chi connectivity index (χ3v) is 4.21. The average Bonchev–Trinajstić information content (AvgIpc) is 3.18. The molecule has 0 radical (unpaired) electrons. The van der Waals surface area contributed by atoms with E-state index in [4.69, 9.17) is 0 Å². The molecule has 1 aromatic heterocycles. The van der Waals surface area contributed by atoms with E-state index in [1.807, 2.05) is 44.2 Å². The fraction of sp³-hybridized carbons (Fsp3) is 0.389. The van der Waals surface area contributed by atoms with Crippen molar-refractivity contribution in [1.82, 2.24) is 14.7 Å². The van der Waals surface area contributed by atoms with Crippen molar-refractivity contribution in [2.24, 2.45) is 5.92 Å². The van der Waals surface area contributed by atoms with Crippen molar-refractivity contribution in [1.29, 1.82) is 0 Å². The minimum atomic E-state index is -0.457. The van der Waals surface area contributed by atoms with E-state index in [2.05, 4.69) is 10.4 Å². The molecule has 1 aromatic carbocycles. The third kappa shape index (κ3) is 3.32. The second kappa shape index (κ2) is 6.86. The average molecular weight is 326 g/mol. The zero-order valence-corrected chi connectivity index (χ0v) is 14.0. The molecule has 0 aliphatic carbocycles. The fourth-order valence-corrected chi connectivity index (χ4v) is 3.08. The summed E-state index contributed by atoms with van der Waals surface area (Å²) in [6, 6.07) is 11.0. The van der Waals surface area contributed by atoms with Gasteiger partial charge in [-0.15, -0.1) is 0 Å². The topological polar surface area (TPSA) is 67.2 Å². The Morgan fingerprint density at radius 1 is 1.21 bits per heavy atom. The number of rotatable bonds is 5. The molecule has 1 atom stereocenters. The summed E-state index contributed by atoms with van der Waals surface area (Å²) in [7, 11) is 0. The Hall–Kier alpha value is -2.63. The van der Waals surface area contributed by atoms with Crippen molar-refractivity contribution in [3.05, 3.63) is 42.6 Å². The summed E-state index contributed by atoms with van der Waals surface area (Å²) in [5.41, 5.74) is 0.924. The summed E-state index contributed by atoms with van der Waals surface area (Å²) in [6.45, 7) is 4.56. The second-order valence-electron chi connectivity index (χ2n) is 6.35. The smallest absolute Gasteiger partial charge is 0.248 e. The summed E-state index contributed by atoms with van der Waals surface area (Å²) < 4.78 is 1.71. The van der Waals surface area contributed by atoms with E-state index < -0.39 is 6.04 Å². The van der Waals surface area contributed by atoms with E-state index in [9.17, 15) is 9.59 Å². The minimum Gasteiger partial charge on any atom is -0.330 e. The van der Waals surface area contributed by atoms with Crippen LogP contribution in [0.15, 0.2) is 42.6 Å². The molecule has 1 fully saturated rings. The highest BCUT2D eigenvalue weighted by atomic mass is 16.2. The number of nitrogens with zero attached hydrogens (tertiary/aromatic N) is 3. The van der Waals surface area contributed by atoms with Crippen molar-refractivity contribution in [3.8, 4) is 5.69 Å². The number of carbonyl (C=O) groups excluding carboxylic acids is 2. The Morgan fingerprint density at radius 3 is 2.58 bits per heavy atom. The van der Waals surface area contributed by atoms with Gasteiger partial charge in [-0.25, -0.2) is 4.68 Å². The van der Waals surface area contributed by atoms with Crippen LogP contribution in [-0.4, -0.2) is 39.1 Å². The van der Waals surface area contributed by atoms with Crippen LogP contribution in [0.4, 0.5) is 5.82 Å². The van der Waals surface area contributed by atoms with E-state index in [-0.39, 0.29) is 17.7 Å². The van der Waals surface area contributed by atoms with Crippen molar-refractivity contribution < 1.29 is 9.59 Å². The van der Waals surface area contributed by atoms with Crippen molar-refractivity contribution in [2.75, 3.05) is 11.9 Å². The van der Waals surface area contributed by atoms with Crippen molar-refractivity contribution in [2.45, 2.75) is 32.7 Å². The van der Waals surface area contributed by atoms with Crippen LogP contribution in [0.25, 0.3) is 5.69 Å². The quantitative estimate of drug-likeness (QED) is 0.918. The molecule has 6 nitrogen and oxygen atoms in total. The number of para-hydroxylation sites is 1. The number of likely N-dealkylation sites (tertiary alicyclic amines) is 1. The van der Waals surface area contributed by atoms with Gasteiger partial charge in [0.05, 0.1) is 5.69 Å². The van der Waals surface area contributed by atoms with Crippen LogP contribution in [0.1, 0.15) is 26.7 Å². The third-order valence-electron chi connectivity index (χ3n) is 4.21. The van der Waals surface area contributed by atoms with Crippen LogP contribution in [-0.2, 0) is 9.59 Å². The van der Waals surface area contributed by atoms with Crippen LogP contribution >= 0.6 is 0 Å². The summed E-state index contributed by atoms with van der Waals surface area (Å²) >= 11 is 0. The maximum atomic E-state index is 12.7. The van der Waals surface area contributed by atoms with Gasteiger partial charge in [-0.3, -0.25) is 9.59 Å². The SMILES string of the molecule is CC(C)[C@@H](C(=O)Nc1ccn(-c2ccccc2)n1)N1CCCC1=O. The van der Waals surface area contributed by atoms with Gasteiger partial charge in [0.2, 0.25) is 11.8 Å². The first kappa shape index (κ1) is 16.2. The Bertz CT molecular complexity index is 724. The molecule has 0 unspecified atom stereocenters.